The number of piperazine rings is 1. The molecule has 0 saturated carbocycles. The van der Waals surface area contributed by atoms with E-state index in [1.54, 1.807) is 4.90 Å². The quantitative estimate of drug-likeness (QED) is 0.648. The van der Waals surface area contributed by atoms with Crippen molar-refractivity contribution in [2.24, 2.45) is 0 Å². The van der Waals surface area contributed by atoms with Gasteiger partial charge in [-0.05, 0) is 0 Å². The van der Waals surface area contributed by atoms with Gasteiger partial charge in [-0.25, -0.2) is 0 Å². The average Bonchev–Trinajstić information content (AvgIpc) is 2.46. The largest absolute Gasteiger partial charge is 0.467 e. The van der Waals surface area contributed by atoms with Crippen LogP contribution in [-0.2, 0) is 4.79 Å². The smallest absolute Gasteiger partial charge is 0.324 e. The molecule has 0 aromatic carbocycles. The first-order valence-corrected chi connectivity index (χ1v) is 5.55. The lowest BCUT2D eigenvalue weighted by Crippen LogP contribution is -2.46. The minimum atomic E-state index is 0.217. The van der Waals surface area contributed by atoms with E-state index in [0.29, 0.717) is 32.1 Å². The molecule has 2 rings (SSSR count). The van der Waals surface area contributed by atoms with E-state index < -0.39 is 0 Å². The fourth-order valence-corrected chi connectivity index (χ4v) is 1.68. The number of methoxy groups -OCH3 is 2. The topological polar surface area (TPSA) is 80.7 Å². The van der Waals surface area contributed by atoms with Crippen LogP contribution in [-0.4, -0.2) is 66.7 Å². The van der Waals surface area contributed by atoms with Crippen LogP contribution >= 0.6 is 0 Å². The molecular formula is C10H15N5O3. The number of carbonyl (C=O) groups is 1. The Bertz CT molecular complexity index is 398. The number of nitrogens with zero attached hydrogens (tertiary/aromatic N) is 5. The van der Waals surface area contributed by atoms with E-state index in [1.165, 1.54) is 14.2 Å². The molecule has 18 heavy (non-hydrogen) atoms. The Morgan fingerprint density at radius 2 is 1.56 bits per heavy atom. The van der Waals surface area contributed by atoms with Crippen LogP contribution in [0.1, 0.15) is 0 Å². The van der Waals surface area contributed by atoms with E-state index in [-0.39, 0.29) is 12.0 Å². The highest BCUT2D eigenvalue weighted by atomic mass is 16.5. The highest BCUT2D eigenvalue weighted by molar-refractivity contribution is 5.48. The van der Waals surface area contributed by atoms with Gasteiger partial charge in [0.05, 0.1) is 14.2 Å². The summed E-state index contributed by atoms with van der Waals surface area (Å²) in [6.07, 6.45) is 0.853. The van der Waals surface area contributed by atoms with Crippen molar-refractivity contribution in [2.45, 2.75) is 0 Å². The van der Waals surface area contributed by atoms with E-state index in [1.807, 2.05) is 4.90 Å². The van der Waals surface area contributed by atoms with Crippen molar-refractivity contribution in [1.82, 2.24) is 19.9 Å². The fourth-order valence-electron chi connectivity index (χ4n) is 1.68. The van der Waals surface area contributed by atoms with Crippen molar-refractivity contribution in [3.63, 3.8) is 0 Å². The molecule has 0 unspecified atom stereocenters. The maximum atomic E-state index is 10.6. The molecule has 1 aliphatic heterocycles. The molecule has 8 nitrogen and oxygen atoms in total. The molecule has 0 spiro atoms. The van der Waals surface area contributed by atoms with Crippen LogP contribution in [0.25, 0.3) is 0 Å². The maximum absolute atomic E-state index is 10.6. The summed E-state index contributed by atoms with van der Waals surface area (Å²) in [5.74, 6) is 0.504. The second-order valence-electron chi connectivity index (χ2n) is 3.74. The normalized spacial score (nSPS) is 15.4. The zero-order valence-corrected chi connectivity index (χ0v) is 10.4. The Labute approximate surface area is 105 Å². The highest BCUT2D eigenvalue weighted by Gasteiger charge is 2.19. The van der Waals surface area contributed by atoms with Gasteiger partial charge in [-0.15, -0.1) is 4.98 Å². The van der Waals surface area contributed by atoms with E-state index in [9.17, 15) is 4.79 Å². The lowest BCUT2D eigenvalue weighted by molar-refractivity contribution is -0.118. The van der Waals surface area contributed by atoms with Crippen LogP contribution in [0.5, 0.6) is 12.0 Å². The van der Waals surface area contributed by atoms with Crippen LogP contribution in [0.3, 0.4) is 0 Å². The van der Waals surface area contributed by atoms with Crippen LogP contribution in [0.4, 0.5) is 5.95 Å². The Morgan fingerprint density at radius 3 is 2.00 bits per heavy atom. The van der Waals surface area contributed by atoms with Crippen molar-refractivity contribution < 1.29 is 14.3 Å². The number of carbonyl (C=O) groups excluding carboxylic acids is 1. The molecular weight excluding hydrogens is 238 g/mol. The Hall–Kier alpha value is -2.12. The summed E-state index contributed by atoms with van der Waals surface area (Å²) in [5.41, 5.74) is 0. The number of aromatic nitrogens is 3. The van der Waals surface area contributed by atoms with Crippen molar-refractivity contribution in [3.05, 3.63) is 0 Å². The van der Waals surface area contributed by atoms with Gasteiger partial charge in [0.25, 0.3) is 0 Å². The number of amides is 1. The molecule has 2 heterocycles. The predicted molar refractivity (Wildman–Crippen MR) is 62.8 cm³/mol. The summed E-state index contributed by atoms with van der Waals surface area (Å²) in [7, 11) is 2.98. The van der Waals surface area contributed by atoms with Crippen molar-refractivity contribution in [3.8, 4) is 12.0 Å². The molecule has 0 aliphatic carbocycles. The number of hydrogen-bond donors (Lipinski definition) is 0. The van der Waals surface area contributed by atoms with Crippen LogP contribution < -0.4 is 14.4 Å². The second-order valence-corrected chi connectivity index (χ2v) is 3.74. The minimum absolute atomic E-state index is 0.217. The summed E-state index contributed by atoms with van der Waals surface area (Å²) in [4.78, 5) is 26.6. The standard InChI is InChI=1S/C10H15N5O3/c1-17-9-11-8(12-10(13-9)18-2)15-5-3-14(7-16)4-6-15/h7H,3-6H2,1-2H3. The van der Waals surface area contributed by atoms with Gasteiger partial charge in [-0.3, -0.25) is 4.79 Å². The molecule has 1 aliphatic rings. The first-order valence-electron chi connectivity index (χ1n) is 5.55. The van der Waals surface area contributed by atoms with Gasteiger partial charge in [0.15, 0.2) is 0 Å². The van der Waals surface area contributed by atoms with E-state index in [4.69, 9.17) is 9.47 Å². The lowest BCUT2D eigenvalue weighted by Gasteiger charge is -2.32. The second kappa shape index (κ2) is 5.48. The molecule has 0 N–H and O–H groups in total. The molecule has 1 amide bonds. The van der Waals surface area contributed by atoms with Gasteiger partial charge < -0.3 is 19.3 Å². The summed E-state index contributed by atoms with van der Waals surface area (Å²) in [6, 6.07) is 0.435. The highest BCUT2D eigenvalue weighted by Crippen LogP contribution is 2.17. The van der Waals surface area contributed by atoms with Gasteiger partial charge in [-0.2, -0.15) is 9.97 Å². The molecule has 1 fully saturated rings. The number of anilines is 1. The molecule has 0 radical (unpaired) electrons. The zero-order chi connectivity index (χ0) is 13.0. The first-order chi connectivity index (χ1) is 8.76. The Balaban J connectivity index is 2.15. The third kappa shape index (κ3) is 2.58. The molecule has 98 valence electrons. The minimum Gasteiger partial charge on any atom is -0.467 e. The monoisotopic (exact) mass is 253 g/mol. The van der Waals surface area contributed by atoms with E-state index >= 15 is 0 Å². The molecule has 1 aromatic rings. The van der Waals surface area contributed by atoms with Gasteiger partial charge in [-0.1, -0.05) is 0 Å². The number of hydrogen-bond acceptors (Lipinski definition) is 7. The van der Waals surface area contributed by atoms with E-state index in [0.717, 1.165) is 6.41 Å². The Kier molecular flexibility index (Phi) is 3.75. The Morgan fingerprint density at radius 1 is 1.00 bits per heavy atom. The van der Waals surface area contributed by atoms with Gasteiger partial charge in [0.2, 0.25) is 12.4 Å². The predicted octanol–water partition coefficient (Wildman–Crippen LogP) is -0.833. The van der Waals surface area contributed by atoms with Crippen LogP contribution in [0.15, 0.2) is 0 Å². The molecule has 1 saturated heterocycles. The van der Waals surface area contributed by atoms with Gasteiger partial charge in [0.1, 0.15) is 0 Å². The van der Waals surface area contributed by atoms with E-state index in [2.05, 4.69) is 15.0 Å². The number of ether oxygens (including phenoxy) is 2. The SMILES string of the molecule is COc1nc(OC)nc(N2CCN(C=O)CC2)n1. The molecule has 1 aromatic heterocycles. The summed E-state index contributed by atoms with van der Waals surface area (Å²) >= 11 is 0. The summed E-state index contributed by atoms with van der Waals surface area (Å²) in [6.45, 7) is 2.66. The summed E-state index contributed by atoms with van der Waals surface area (Å²) in [5, 5.41) is 0. The molecule has 0 bridgehead atoms. The number of rotatable bonds is 4. The zero-order valence-electron chi connectivity index (χ0n) is 10.4. The molecule has 0 atom stereocenters. The third-order valence-corrected chi connectivity index (χ3v) is 2.69. The average molecular weight is 253 g/mol. The van der Waals surface area contributed by atoms with Crippen molar-refractivity contribution in [1.29, 1.82) is 0 Å². The van der Waals surface area contributed by atoms with Crippen LogP contribution in [0.2, 0.25) is 0 Å². The summed E-state index contributed by atoms with van der Waals surface area (Å²) < 4.78 is 9.99. The van der Waals surface area contributed by atoms with Crippen molar-refractivity contribution in [2.75, 3.05) is 45.3 Å². The van der Waals surface area contributed by atoms with Gasteiger partial charge in [0, 0.05) is 26.2 Å². The van der Waals surface area contributed by atoms with Gasteiger partial charge >= 0.3 is 12.0 Å². The maximum Gasteiger partial charge on any atom is 0.324 e. The van der Waals surface area contributed by atoms with Crippen LogP contribution in [0, 0.1) is 0 Å². The molecule has 8 heteroatoms. The lowest BCUT2D eigenvalue weighted by atomic mass is 10.3. The first kappa shape index (κ1) is 12.3. The fraction of sp³-hybridized carbons (Fsp3) is 0.600. The third-order valence-electron chi connectivity index (χ3n) is 2.69. The van der Waals surface area contributed by atoms with Crippen molar-refractivity contribution >= 4 is 12.4 Å².